The number of anilines is 2. The number of fused-ring (bicyclic) bond motifs is 1. The number of amides is 1. The second-order valence-electron chi connectivity index (χ2n) is 7.29. The van der Waals surface area contributed by atoms with Gasteiger partial charge in [0.2, 0.25) is 5.91 Å². The number of pyridine rings is 1. The molecule has 1 heterocycles. The fourth-order valence-corrected chi connectivity index (χ4v) is 3.79. The minimum Gasteiger partial charge on any atom is -0.396 e. The second-order valence-corrected chi connectivity index (χ2v) is 7.29. The van der Waals surface area contributed by atoms with E-state index in [-0.39, 0.29) is 29.0 Å². The smallest absolute Gasteiger partial charge is 0.222 e. The van der Waals surface area contributed by atoms with E-state index in [0.29, 0.717) is 6.42 Å². The fourth-order valence-electron chi connectivity index (χ4n) is 3.79. The SMILES string of the molecule is CC(=O)Nc1nc(C(Cc2ccccc2)c2cccc3ccccc23)c(F)cc1N. The highest BCUT2D eigenvalue weighted by molar-refractivity contribution is 5.91. The molecule has 0 aliphatic carbocycles. The van der Waals surface area contributed by atoms with Gasteiger partial charge in [-0.1, -0.05) is 72.8 Å². The lowest BCUT2D eigenvalue weighted by Crippen LogP contribution is -2.15. The van der Waals surface area contributed by atoms with Crippen molar-refractivity contribution in [1.82, 2.24) is 4.98 Å². The number of hydrogen-bond acceptors (Lipinski definition) is 3. The Hall–Kier alpha value is -3.73. The van der Waals surface area contributed by atoms with Crippen molar-refractivity contribution in [3.63, 3.8) is 0 Å². The van der Waals surface area contributed by atoms with Gasteiger partial charge in [0.15, 0.2) is 5.82 Å². The third-order valence-electron chi connectivity index (χ3n) is 5.14. The zero-order chi connectivity index (χ0) is 21.1. The predicted octanol–water partition coefficient (Wildman–Crippen LogP) is 5.29. The number of benzene rings is 3. The Morgan fingerprint density at radius 1 is 1.03 bits per heavy atom. The molecule has 3 aromatic carbocycles. The van der Waals surface area contributed by atoms with Gasteiger partial charge < -0.3 is 11.1 Å². The highest BCUT2D eigenvalue weighted by atomic mass is 19.1. The number of nitrogens with zero attached hydrogens (tertiary/aromatic N) is 1. The Bertz CT molecular complexity index is 1200. The van der Waals surface area contributed by atoms with Crippen molar-refractivity contribution in [2.45, 2.75) is 19.3 Å². The average Bonchev–Trinajstić information content (AvgIpc) is 2.74. The van der Waals surface area contributed by atoms with E-state index in [1.54, 1.807) is 0 Å². The van der Waals surface area contributed by atoms with Gasteiger partial charge in [0.25, 0.3) is 0 Å². The van der Waals surface area contributed by atoms with Crippen LogP contribution in [0.1, 0.15) is 29.7 Å². The summed E-state index contributed by atoms with van der Waals surface area (Å²) in [5.74, 6) is -0.976. The molecule has 1 unspecified atom stereocenters. The van der Waals surface area contributed by atoms with Gasteiger partial charge in [-0.3, -0.25) is 4.79 Å². The van der Waals surface area contributed by atoms with E-state index < -0.39 is 5.82 Å². The van der Waals surface area contributed by atoms with Crippen molar-refractivity contribution in [3.8, 4) is 0 Å². The summed E-state index contributed by atoms with van der Waals surface area (Å²) in [7, 11) is 0. The van der Waals surface area contributed by atoms with Crippen LogP contribution in [0.2, 0.25) is 0 Å². The lowest BCUT2D eigenvalue weighted by atomic mass is 9.85. The van der Waals surface area contributed by atoms with Crippen molar-refractivity contribution in [2.75, 3.05) is 11.1 Å². The fraction of sp³-hybridized carbons (Fsp3) is 0.120. The van der Waals surface area contributed by atoms with Crippen molar-refractivity contribution in [3.05, 3.63) is 102 Å². The molecule has 1 atom stereocenters. The van der Waals surface area contributed by atoms with Crippen LogP contribution in [0.25, 0.3) is 10.8 Å². The summed E-state index contributed by atoms with van der Waals surface area (Å²) in [5.41, 5.74) is 8.30. The van der Waals surface area contributed by atoms with Gasteiger partial charge in [0.1, 0.15) is 5.82 Å². The summed E-state index contributed by atoms with van der Waals surface area (Å²) < 4.78 is 15.2. The van der Waals surface area contributed by atoms with Gasteiger partial charge in [0, 0.05) is 18.9 Å². The molecule has 1 aromatic heterocycles. The van der Waals surface area contributed by atoms with E-state index in [0.717, 1.165) is 21.9 Å². The van der Waals surface area contributed by atoms with Gasteiger partial charge in [-0.15, -0.1) is 0 Å². The zero-order valence-corrected chi connectivity index (χ0v) is 16.6. The number of halogens is 1. The van der Waals surface area contributed by atoms with Crippen LogP contribution in [0, 0.1) is 5.82 Å². The molecule has 5 heteroatoms. The lowest BCUT2D eigenvalue weighted by molar-refractivity contribution is -0.114. The van der Waals surface area contributed by atoms with E-state index in [1.165, 1.54) is 13.0 Å². The highest BCUT2D eigenvalue weighted by Crippen LogP contribution is 2.35. The largest absolute Gasteiger partial charge is 0.396 e. The maximum absolute atomic E-state index is 15.2. The number of rotatable bonds is 5. The van der Waals surface area contributed by atoms with Crippen LogP contribution in [-0.2, 0) is 11.2 Å². The van der Waals surface area contributed by atoms with Crippen LogP contribution in [0.3, 0.4) is 0 Å². The van der Waals surface area contributed by atoms with E-state index >= 15 is 4.39 Å². The van der Waals surface area contributed by atoms with E-state index in [9.17, 15) is 4.79 Å². The monoisotopic (exact) mass is 399 g/mol. The van der Waals surface area contributed by atoms with Crippen LogP contribution in [0.15, 0.2) is 78.9 Å². The molecule has 0 radical (unpaired) electrons. The molecular formula is C25H22FN3O. The van der Waals surface area contributed by atoms with Crippen LogP contribution < -0.4 is 11.1 Å². The molecule has 0 aliphatic rings. The van der Waals surface area contributed by atoms with Gasteiger partial charge in [0.05, 0.1) is 11.4 Å². The quantitative estimate of drug-likeness (QED) is 0.479. The van der Waals surface area contributed by atoms with Crippen LogP contribution in [0.5, 0.6) is 0 Å². The first-order valence-electron chi connectivity index (χ1n) is 9.78. The second kappa shape index (κ2) is 8.33. The molecule has 1 amide bonds. The maximum Gasteiger partial charge on any atom is 0.222 e. The third-order valence-corrected chi connectivity index (χ3v) is 5.14. The minimum atomic E-state index is -0.490. The summed E-state index contributed by atoms with van der Waals surface area (Å²) in [4.78, 5) is 16.0. The van der Waals surface area contributed by atoms with Crippen molar-refractivity contribution < 1.29 is 9.18 Å². The Labute approximate surface area is 174 Å². The molecule has 150 valence electrons. The first-order valence-corrected chi connectivity index (χ1v) is 9.78. The van der Waals surface area contributed by atoms with E-state index in [4.69, 9.17) is 5.73 Å². The molecule has 4 aromatic rings. The Kier molecular flexibility index (Phi) is 5.44. The molecule has 0 saturated carbocycles. The standard InChI is InChI=1S/C25H22FN3O/c1-16(30)28-25-23(27)15-22(26)24(29-25)21(14-17-8-3-2-4-9-17)20-13-7-11-18-10-5-6-12-19(18)20/h2-13,15,21H,14,27H2,1H3,(H,28,29,30). The summed E-state index contributed by atoms with van der Waals surface area (Å²) in [6, 6.07) is 25.2. The highest BCUT2D eigenvalue weighted by Gasteiger charge is 2.24. The Balaban J connectivity index is 1.91. The van der Waals surface area contributed by atoms with Gasteiger partial charge in [-0.05, 0) is 28.3 Å². The van der Waals surface area contributed by atoms with E-state index in [1.807, 2.05) is 72.8 Å². The molecule has 0 saturated heterocycles. The van der Waals surface area contributed by atoms with Crippen LogP contribution in [0.4, 0.5) is 15.9 Å². The van der Waals surface area contributed by atoms with E-state index in [2.05, 4.69) is 10.3 Å². The Morgan fingerprint density at radius 2 is 1.73 bits per heavy atom. The number of carbonyl (C=O) groups is 1. The van der Waals surface area contributed by atoms with Crippen LogP contribution in [-0.4, -0.2) is 10.9 Å². The molecule has 0 bridgehead atoms. The summed E-state index contributed by atoms with van der Waals surface area (Å²) >= 11 is 0. The molecule has 0 aliphatic heterocycles. The number of nitrogen functional groups attached to an aromatic ring is 1. The van der Waals surface area contributed by atoms with Crippen molar-refractivity contribution in [2.24, 2.45) is 0 Å². The van der Waals surface area contributed by atoms with Crippen molar-refractivity contribution in [1.29, 1.82) is 0 Å². The van der Waals surface area contributed by atoms with Gasteiger partial charge >= 0.3 is 0 Å². The number of nitrogens with one attached hydrogen (secondary N) is 1. The molecule has 0 fully saturated rings. The summed E-state index contributed by atoms with van der Waals surface area (Å²) in [5, 5.41) is 4.72. The molecular weight excluding hydrogens is 377 g/mol. The Morgan fingerprint density at radius 3 is 2.50 bits per heavy atom. The van der Waals surface area contributed by atoms with Crippen LogP contribution >= 0.6 is 0 Å². The lowest BCUT2D eigenvalue weighted by Gasteiger charge is -2.21. The molecule has 4 rings (SSSR count). The minimum absolute atomic E-state index is 0.0998. The first kappa shape index (κ1) is 19.6. The number of nitrogens with two attached hydrogens (primary N) is 1. The summed E-state index contributed by atoms with van der Waals surface area (Å²) in [6.45, 7) is 1.37. The average molecular weight is 399 g/mol. The number of hydrogen-bond donors (Lipinski definition) is 2. The van der Waals surface area contributed by atoms with Crippen molar-refractivity contribution >= 4 is 28.2 Å². The molecule has 3 N–H and O–H groups in total. The molecule has 30 heavy (non-hydrogen) atoms. The predicted molar refractivity (Wildman–Crippen MR) is 119 cm³/mol. The van der Waals surface area contributed by atoms with Gasteiger partial charge in [-0.2, -0.15) is 0 Å². The van der Waals surface area contributed by atoms with Gasteiger partial charge in [-0.25, -0.2) is 9.37 Å². The normalized spacial score (nSPS) is 11.9. The zero-order valence-electron chi connectivity index (χ0n) is 16.6. The summed E-state index contributed by atoms with van der Waals surface area (Å²) in [6.07, 6.45) is 0.558. The molecule has 4 nitrogen and oxygen atoms in total. The molecule has 0 spiro atoms. The third kappa shape index (κ3) is 4.01. The number of carbonyl (C=O) groups excluding carboxylic acids is 1. The maximum atomic E-state index is 15.2. The first-order chi connectivity index (χ1) is 14.5. The topological polar surface area (TPSA) is 68.0 Å². The number of aromatic nitrogens is 1.